The van der Waals surface area contributed by atoms with E-state index in [1.165, 1.54) is 54.7 Å². The SMILES string of the molecule is CC(C)c1ccc2c(c1)c1cc(C(C)C)ccc1n2-c1cc(Br)cc(-n2c3ccccc3c3ccccc32)c1. The molecule has 2 nitrogen and oxygen atoms in total. The maximum Gasteiger partial charge on any atom is 0.0541 e. The smallest absolute Gasteiger partial charge is 0.0541 e. The predicted octanol–water partition coefficient (Wildman–Crippen LogP) is 10.9. The molecule has 0 N–H and O–H groups in total. The van der Waals surface area contributed by atoms with Crippen LogP contribution in [-0.4, -0.2) is 9.13 Å². The predicted molar refractivity (Wildman–Crippen MR) is 171 cm³/mol. The third-order valence-corrected chi connectivity index (χ3v) is 8.57. The van der Waals surface area contributed by atoms with Crippen molar-refractivity contribution in [3.05, 3.63) is 119 Å². The van der Waals surface area contributed by atoms with Gasteiger partial charge in [0.1, 0.15) is 0 Å². The minimum absolute atomic E-state index is 0.480. The van der Waals surface area contributed by atoms with Crippen LogP contribution in [0.15, 0.2) is 108 Å². The fourth-order valence-corrected chi connectivity index (χ4v) is 6.54. The summed E-state index contributed by atoms with van der Waals surface area (Å²) in [5.74, 6) is 0.961. The molecule has 2 heterocycles. The zero-order valence-corrected chi connectivity index (χ0v) is 24.3. The van der Waals surface area contributed by atoms with Gasteiger partial charge in [-0.25, -0.2) is 0 Å². The summed E-state index contributed by atoms with van der Waals surface area (Å²) < 4.78 is 5.88. The van der Waals surface area contributed by atoms with Crippen LogP contribution in [0.2, 0.25) is 0 Å². The molecule has 192 valence electrons. The molecule has 3 heteroatoms. The van der Waals surface area contributed by atoms with Crippen molar-refractivity contribution < 1.29 is 0 Å². The number of benzene rings is 5. The molecule has 0 atom stereocenters. The fraction of sp³-hybridized carbons (Fsp3) is 0.167. The second-order valence-corrected chi connectivity index (χ2v) is 12.2. The van der Waals surface area contributed by atoms with Gasteiger partial charge in [-0.05, 0) is 77.6 Å². The second kappa shape index (κ2) is 9.14. The monoisotopic (exact) mass is 570 g/mol. The van der Waals surface area contributed by atoms with Crippen molar-refractivity contribution in [2.45, 2.75) is 39.5 Å². The Morgan fingerprint density at radius 1 is 0.462 bits per heavy atom. The van der Waals surface area contributed by atoms with E-state index in [2.05, 4.69) is 156 Å². The lowest BCUT2D eigenvalue weighted by Crippen LogP contribution is -1.99. The third-order valence-electron chi connectivity index (χ3n) is 8.11. The van der Waals surface area contributed by atoms with Gasteiger partial charge >= 0.3 is 0 Å². The first-order chi connectivity index (χ1) is 18.9. The van der Waals surface area contributed by atoms with Crippen molar-refractivity contribution in [3.8, 4) is 11.4 Å². The lowest BCUT2D eigenvalue weighted by Gasteiger charge is -2.14. The molecule has 0 bridgehead atoms. The Labute approximate surface area is 237 Å². The van der Waals surface area contributed by atoms with Gasteiger partial charge in [0.05, 0.1) is 22.1 Å². The number of halogens is 1. The molecule has 7 aromatic rings. The van der Waals surface area contributed by atoms with Crippen molar-refractivity contribution in [1.82, 2.24) is 9.13 Å². The molecule has 39 heavy (non-hydrogen) atoms. The highest BCUT2D eigenvalue weighted by Gasteiger charge is 2.18. The highest BCUT2D eigenvalue weighted by atomic mass is 79.9. The molecule has 0 saturated heterocycles. The molecule has 0 unspecified atom stereocenters. The van der Waals surface area contributed by atoms with Gasteiger partial charge in [0.2, 0.25) is 0 Å². The van der Waals surface area contributed by atoms with Gasteiger partial charge in [0.15, 0.2) is 0 Å². The van der Waals surface area contributed by atoms with E-state index in [4.69, 9.17) is 0 Å². The van der Waals surface area contributed by atoms with Crippen LogP contribution in [0, 0.1) is 0 Å². The average molecular weight is 572 g/mol. The van der Waals surface area contributed by atoms with Crippen LogP contribution in [0.4, 0.5) is 0 Å². The highest BCUT2D eigenvalue weighted by molar-refractivity contribution is 9.10. The van der Waals surface area contributed by atoms with Crippen molar-refractivity contribution in [2.24, 2.45) is 0 Å². The van der Waals surface area contributed by atoms with E-state index in [-0.39, 0.29) is 0 Å². The van der Waals surface area contributed by atoms with Crippen LogP contribution in [0.25, 0.3) is 55.0 Å². The minimum Gasteiger partial charge on any atom is -0.309 e. The zero-order chi connectivity index (χ0) is 26.8. The number of rotatable bonds is 4. The lowest BCUT2D eigenvalue weighted by molar-refractivity contribution is 0.868. The second-order valence-electron chi connectivity index (χ2n) is 11.2. The standard InChI is InChI=1S/C36H31BrN2/c1-22(2)24-13-15-35-31(17-24)32-18-25(23(3)4)14-16-36(32)39(35)28-20-26(37)19-27(21-28)38-33-11-7-5-9-29(33)30-10-6-8-12-34(30)38/h5-23H,1-4H3. The lowest BCUT2D eigenvalue weighted by atomic mass is 9.98. The summed E-state index contributed by atoms with van der Waals surface area (Å²) in [5, 5.41) is 5.18. The average Bonchev–Trinajstić information content (AvgIpc) is 3.45. The number of nitrogens with zero attached hydrogens (tertiary/aromatic N) is 2. The number of hydrogen-bond acceptors (Lipinski definition) is 0. The van der Waals surface area contributed by atoms with E-state index in [9.17, 15) is 0 Å². The van der Waals surface area contributed by atoms with Crippen LogP contribution in [0.3, 0.4) is 0 Å². The van der Waals surface area contributed by atoms with Crippen LogP contribution >= 0.6 is 15.9 Å². The van der Waals surface area contributed by atoms with Gasteiger partial charge in [-0.3, -0.25) is 0 Å². The van der Waals surface area contributed by atoms with Crippen LogP contribution < -0.4 is 0 Å². The van der Waals surface area contributed by atoms with E-state index in [1.54, 1.807) is 0 Å². The zero-order valence-electron chi connectivity index (χ0n) is 22.7. The van der Waals surface area contributed by atoms with Crippen LogP contribution in [0.1, 0.15) is 50.7 Å². The van der Waals surface area contributed by atoms with Crippen LogP contribution in [-0.2, 0) is 0 Å². The first kappa shape index (κ1) is 24.2. The number of aromatic nitrogens is 2. The molecule has 0 aliphatic carbocycles. The maximum atomic E-state index is 3.88. The molecule has 0 aliphatic heterocycles. The van der Waals surface area contributed by atoms with Crippen molar-refractivity contribution >= 4 is 59.5 Å². The van der Waals surface area contributed by atoms with E-state index >= 15 is 0 Å². The summed E-state index contributed by atoms with van der Waals surface area (Å²) in [6.45, 7) is 9.08. The molecule has 2 aromatic heterocycles. The van der Waals surface area contributed by atoms with Gasteiger partial charge in [0.25, 0.3) is 0 Å². The minimum atomic E-state index is 0.480. The Hall–Kier alpha value is -3.82. The Kier molecular flexibility index (Phi) is 5.68. The van der Waals surface area contributed by atoms with E-state index < -0.39 is 0 Å². The quantitative estimate of drug-likeness (QED) is 0.199. The molecule has 0 spiro atoms. The Balaban J connectivity index is 1.55. The van der Waals surface area contributed by atoms with E-state index in [0.717, 1.165) is 15.8 Å². The van der Waals surface area contributed by atoms with Gasteiger partial charge in [-0.1, -0.05) is 92.2 Å². The molecule has 0 radical (unpaired) electrons. The molecular formula is C36H31BrN2. The summed E-state index contributed by atoms with van der Waals surface area (Å²) in [5.41, 5.74) is 9.94. The summed E-state index contributed by atoms with van der Waals surface area (Å²) >= 11 is 3.88. The van der Waals surface area contributed by atoms with Crippen LogP contribution in [0.5, 0.6) is 0 Å². The molecule has 7 rings (SSSR count). The van der Waals surface area contributed by atoms with Gasteiger partial charge in [-0.15, -0.1) is 0 Å². The van der Waals surface area contributed by atoms with Gasteiger partial charge in [0, 0.05) is 37.4 Å². The number of hydrogen-bond donors (Lipinski definition) is 0. The third kappa shape index (κ3) is 3.83. The number of para-hydroxylation sites is 2. The number of fused-ring (bicyclic) bond motifs is 6. The van der Waals surface area contributed by atoms with E-state index in [1.807, 2.05) is 0 Å². The van der Waals surface area contributed by atoms with Gasteiger partial charge in [-0.2, -0.15) is 0 Å². The molecule has 0 aliphatic rings. The largest absolute Gasteiger partial charge is 0.309 e. The Morgan fingerprint density at radius 3 is 1.31 bits per heavy atom. The molecular weight excluding hydrogens is 540 g/mol. The molecule has 0 fully saturated rings. The summed E-state index contributed by atoms with van der Waals surface area (Å²) in [4.78, 5) is 0. The van der Waals surface area contributed by atoms with Gasteiger partial charge < -0.3 is 9.13 Å². The van der Waals surface area contributed by atoms with Crippen molar-refractivity contribution in [2.75, 3.05) is 0 Å². The summed E-state index contributed by atoms with van der Waals surface area (Å²) in [6.07, 6.45) is 0. The fourth-order valence-electron chi connectivity index (χ4n) is 6.07. The Morgan fingerprint density at radius 2 is 0.872 bits per heavy atom. The van der Waals surface area contributed by atoms with Crippen molar-refractivity contribution in [1.29, 1.82) is 0 Å². The summed E-state index contributed by atoms with van der Waals surface area (Å²) in [6, 6.07) is 38.2. The molecule has 0 amide bonds. The first-order valence-electron chi connectivity index (χ1n) is 13.8. The first-order valence-corrected chi connectivity index (χ1v) is 14.6. The highest BCUT2D eigenvalue weighted by Crippen LogP contribution is 2.38. The normalized spacial score (nSPS) is 12.2. The topological polar surface area (TPSA) is 9.86 Å². The van der Waals surface area contributed by atoms with E-state index in [0.29, 0.717) is 11.8 Å². The van der Waals surface area contributed by atoms with Crippen molar-refractivity contribution in [3.63, 3.8) is 0 Å². The summed E-state index contributed by atoms with van der Waals surface area (Å²) in [7, 11) is 0. The molecule has 0 saturated carbocycles. The maximum absolute atomic E-state index is 3.88. The Bertz CT molecular complexity index is 1920. The molecule has 5 aromatic carbocycles.